The molecule has 9 heavy (non-hydrogen) atoms. The van der Waals surface area contributed by atoms with Crippen LogP contribution >= 0.6 is 0 Å². The standard InChI is InChI=1S/C8H10N/c1-2-3-5-8-6-4-7-9-8/h2-4,6-7,9H,1,5H2. The van der Waals surface area contributed by atoms with E-state index in [1.165, 1.54) is 5.69 Å². The Morgan fingerprint density at radius 1 is 1.67 bits per heavy atom. The van der Waals surface area contributed by atoms with Crippen LogP contribution in [0.2, 0.25) is 0 Å². The number of aromatic amines is 1. The largest absolute Gasteiger partial charge is 0.365 e. The molecular weight excluding hydrogens is 110 g/mol. The van der Waals surface area contributed by atoms with Crippen LogP contribution in [0.3, 0.4) is 0 Å². The second-order valence-electron chi connectivity index (χ2n) is 1.87. The third-order valence-corrected chi connectivity index (χ3v) is 1.17. The van der Waals surface area contributed by atoms with Crippen molar-refractivity contribution in [1.29, 1.82) is 0 Å². The van der Waals surface area contributed by atoms with Crippen LogP contribution < -0.4 is 0 Å². The zero-order valence-electron chi connectivity index (χ0n) is 5.30. The number of aromatic nitrogens is 1. The topological polar surface area (TPSA) is 15.8 Å². The lowest BCUT2D eigenvalue weighted by atomic mass is 10.3. The van der Waals surface area contributed by atoms with Gasteiger partial charge < -0.3 is 4.98 Å². The number of rotatable bonds is 2. The average Bonchev–Trinajstić information content (AvgIpc) is 2.34. The molecule has 0 saturated heterocycles. The van der Waals surface area contributed by atoms with Gasteiger partial charge in [-0.2, -0.15) is 0 Å². The monoisotopic (exact) mass is 120 g/mol. The van der Waals surface area contributed by atoms with Crippen LogP contribution in [0.4, 0.5) is 0 Å². The van der Waals surface area contributed by atoms with Gasteiger partial charge in [-0.25, -0.2) is 0 Å². The first kappa shape index (κ1) is 6.14. The lowest BCUT2D eigenvalue weighted by molar-refractivity contribution is 1.15. The smallest absolute Gasteiger partial charge is 0.0185 e. The Morgan fingerprint density at radius 3 is 3.11 bits per heavy atom. The van der Waals surface area contributed by atoms with Crippen molar-refractivity contribution >= 4 is 0 Å². The fraction of sp³-hybridized carbons (Fsp3) is 0.125. The SMILES string of the molecule is [CH2]C=CCc1ccc[nH]1. The Morgan fingerprint density at radius 2 is 2.56 bits per heavy atom. The minimum absolute atomic E-state index is 0.955. The zero-order chi connectivity index (χ0) is 6.53. The van der Waals surface area contributed by atoms with Crippen LogP contribution in [0.15, 0.2) is 30.5 Å². The minimum atomic E-state index is 0.955. The molecule has 0 unspecified atom stereocenters. The van der Waals surface area contributed by atoms with E-state index < -0.39 is 0 Å². The summed E-state index contributed by atoms with van der Waals surface area (Å²) in [7, 11) is 0. The van der Waals surface area contributed by atoms with Gasteiger partial charge in [-0.3, -0.25) is 0 Å². The number of hydrogen-bond donors (Lipinski definition) is 1. The summed E-state index contributed by atoms with van der Waals surface area (Å²) in [6, 6.07) is 4.05. The molecule has 1 radical (unpaired) electrons. The molecule has 1 aromatic heterocycles. The first-order chi connectivity index (χ1) is 4.43. The molecule has 0 saturated carbocycles. The van der Waals surface area contributed by atoms with Crippen LogP contribution in [-0.4, -0.2) is 4.98 Å². The maximum absolute atomic E-state index is 3.59. The summed E-state index contributed by atoms with van der Waals surface area (Å²) in [5.41, 5.74) is 1.23. The van der Waals surface area contributed by atoms with E-state index in [4.69, 9.17) is 0 Å². The van der Waals surface area contributed by atoms with Crippen LogP contribution in [0.5, 0.6) is 0 Å². The minimum Gasteiger partial charge on any atom is -0.365 e. The van der Waals surface area contributed by atoms with Gasteiger partial charge in [0.1, 0.15) is 0 Å². The van der Waals surface area contributed by atoms with Gasteiger partial charge in [-0.15, -0.1) is 0 Å². The van der Waals surface area contributed by atoms with Crippen molar-refractivity contribution in [3.05, 3.63) is 43.1 Å². The van der Waals surface area contributed by atoms with Crippen molar-refractivity contribution in [3.63, 3.8) is 0 Å². The van der Waals surface area contributed by atoms with Crippen molar-refractivity contribution in [2.45, 2.75) is 6.42 Å². The molecule has 0 aromatic carbocycles. The summed E-state index contributed by atoms with van der Waals surface area (Å²) >= 11 is 0. The third-order valence-electron chi connectivity index (χ3n) is 1.17. The summed E-state index contributed by atoms with van der Waals surface area (Å²) in [6.07, 6.45) is 6.70. The molecule has 0 spiro atoms. The van der Waals surface area contributed by atoms with Gasteiger partial charge in [0, 0.05) is 18.3 Å². The van der Waals surface area contributed by atoms with E-state index in [0.717, 1.165) is 6.42 Å². The van der Waals surface area contributed by atoms with E-state index in [9.17, 15) is 0 Å². The second-order valence-corrected chi connectivity index (χ2v) is 1.87. The van der Waals surface area contributed by atoms with E-state index >= 15 is 0 Å². The summed E-state index contributed by atoms with van der Waals surface area (Å²) < 4.78 is 0. The predicted octanol–water partition coefficient (Wildman–Crippen LogP) is 1.95. The highest BCUT2D eigenvalue weighted by Gasteiger charge is 1.84. The Labute approximate surface area is 55.4 Å². The van der Waals surface area contributed by atoms with E-state index in [2.05, 4.69) is 18.0 Å². The van der Waals surface area contributed by atoms with Gasteiger partial charge in [0.15, 0.2) is 0 Å². The van der Waals surface area contributed by atoms with Gasteiger partial charge in [0.2, 0.25) is 0 Å². The molecule has 0 amide bonds. The molecule has 1 heterocycles. The molecule has 0 aliphatic rings. The van der Waals surface area contributed by atoms with Crippen LogP contribution in [0.1, 0.15) is 5.69 Å². The molecule has 47 valence electrons. The molecule has 0 bridgehead atoms. The molecular formula is C8H10N. The van der Waals surface area contributed by atoms with E-state index in [1.807, 2.05) is 18.3 Å². The highest BCUT2D eigenvalue weighted by Crippen LogP contribution is 1.95. The van der Waals surface area contributed by atoms with Crippen LogP contribution in [0.25, 0.3) is 0 Å². The lowest BCUT2D eigenvalue weighted by Gasteiger charge is -1.85. The van der Waals surface area contributed by atoms with Crippen molar-refractivity contribution in [1.82, 2.24) is 4.98 Å². The van der Waals surface area contributed by atoms with Gasteiger partial charge in [0.05, 0.1) is 0 Å². The first-order valence-corrected chi connectivity index (χ1v) is 3.00. The van der Waals surface area contributed by atoms with E-state index in [1.54, 1.807) is 6.08 Å². The Bertz CT molecular complexity index is 172. The number of hydrogen-bond acceptors (Lipinski definition) is 0. The Hall–Kier alpha value is -0.980. The van der Waals surface area contributed by atoms with E-state index in [-0.39, 0.29) is 0 Å². The van der Waals surface area contributed by atoms with Crippen LogP contribution in [-0.2, 0) is 6.42 Å². The molecule has 0 aliphatic heterocycles. The zero-order valence-corrected chi connectivity index (χ0v) is 5.30. The van der Waals surface area contributed by atoms with Gasteiger partial charge in [-0.1, -0.05) is 12.2 Å². The average molecular weight is 120 g/mol. The summed E-state index contributed by atoms with van der Waals surface area (Å²) in [6.45, 7) is 3.59. The van der Waals surface area contributed by atoms with Gasteiger partial charge in [0.25, 0.3) is 0 Å². The van der Waals surface area contributed by atoms with Crippen molar-refractivity contribution in [2.24, 2.45) is 0 Å². The fourth-order valence-corrected chi connectivity index (χ4v) is 0.705. The highest BCUT2D eigenvalue weighted by atomic mass is 14.7. The third kappa shape index (κ3) is 1.76. The molecule has 1 N–H and O–H groups in total. The molecule has 1 aromatic rings. The predicted molar refractivity (Wildman–Crippen MR) is 39.0 cm³/mol. The highest BCUT2D eigenvalue weighted by molar-refractivity contribution is 5.08. The van der Waals surface area contributed by atoms with Crippen LogP contribution in [0, 0.1) is 6.92 Å². The number of H-pyrrole nitrogens is 1. The summed E-state index contributed by atoms with van der Waals surface area (Å²) in [5.74, 6) is 0. The molecule has 0 aliphatic carbocycles. The van der Waals surface area contributed by atoms with Gasteiger partial charge in [-0.05, 0) is 19.1 Å². The molecule has 1 nitrogen and oxygen atoms in total. The van der Waals surface area contributed by atoms with Crippen molar-refractivity contribution < 1.29 is 0 Å². The molecule has 0 atom stereocenters. The molecule has 1 rings (SSSR count). The Balaban J connectivity index is 2.48. The lowest BCUT2D eigenvalue weighted by Crippen LogP contribution is -1.76. The van der Waals surface area contributed by atoms with Gasteiger partial charge >= 0.3 is 0 Å². The second kappa shape index (κ2) is 3.13. The normalized spacial score (nSPS) is 10.8. The number of nitrogens with one attached hydrogen (secondary N) is 1. The van der Waals surface area contributed by atoms with E-state index in [0.29, 0.717) is 0 Å². The maximum atomic E-state index is 3.59. The summed E-state index contributed by atoms with van der Waals surface area (Å²) in [5, 5.41) is 0. The fourth-order valence-electron chi connectivity index (χ4n) is 0.705. The summed E-state index contributed by atoms with van der Waals surface area (Å²) in [4.78, 5) is 3.09. The first-order valence-electron chi connectivity index (χ1n) is 3.00. The number of allylic oxidation sites excluding steroid dienone is 2. The molecule has 1 heteroatoms. The van der Waals surface area contributed by atoms with Crippen molar-refractivity contribution in [3.8, 4) is 0 Å². The Kier molecular flexibility index (Phi) is 2.13. The molecule has 0 fully saturated rings. The quantitative estimate of drug-likeness (QED) is 0.614. The van der Waals surface area contributed by atoms with Crippen molar-refractivity contribution in [2.75, 3.05) is 0 Å². The maximum Gasteiger partial charge on any atom is 0.0185 e.